The molecule has 5 heteroatoms. The van der Waals surface area contributed by atoms with Gasteiger partial charge in [0.25, 0.3) is 5.69 Å². The van der Waals surface area contributed by atoms with Gasteiger partial charge >= 0.3 is 0 Å². The lowest BCUT2D eigenvalue weighted by molar-refractivity contribution is -0.385. The monoisotopic (exact) mass is 280 g/mol. The summed E-state index contributed by atoms with van der Waals surface area (Å²) in [4.78, 5) is 10.6. The van der Waals surface area contributed by atoms with E-state index in [9.17, 15) is 10.1 Å². The van der Waals surface area contributed by atoms with Crippen LogP contribution in [-0.4, -0.2) is 22.5 Å². The van der Waals surface area contributed by atoms with Gasteiger partial charge in [-0.2, -0.15) is 11.8 Å². The number of hydrogen-bond donors (Lipinski definition) is 1. The fourth-order valence-corrected chi connectivity index (χ4v) is 3.38. The summed E-state index contributed by atoms with van der Waals surface area (Å²) in [6, 6.07) is 5.69. The first-order valence-corrected chi connectivity index (χ1v) is 7.94. The Hall–Kier alpha value is -1.23. The topological polar surface area (TPSA) is 55.2 Å². The van der Waals surface area contributed by atoms with E-state index in [-0.39, 0.29) is 10.6 Å². The van der Waals surface area contributed by atoms with Crippen molar-refractivity contribution in [1.29, 1.82) is 0 Å². The van der Waals surface area contributed by atoms with Crippen LogP contribution in [0, 0.1) is 17.0 Å². The number of nitrogens with zero attached hydrogens (tertiary/aromatic N) is 1. The fraction of sp³-hybridized carbons (Fsp3) is 0.571. The van der Waals surface area contributed by atoms with Gasteiger partial charge in [-0.1, -0.05) is 6.07 Å². The summed E-state index contributed by atoms with van der Waals surface area (Å²) in [5, 5.41) is 15.2. The molecule has 0 atom stereocenters. The molecule has 1 N–H and O–H groups in total. The predicted octanol–water partition coefficient (Wildman–Crippen LogP) is 3.99. The Morgan fingerprint density at radius 3 is 2.58 bits per heavy atom. The van der Waals surface area contributed by atoms with Gasteiger partial charge < -0.3 is 5.32 Å². The van der Waals surface area contributed by atoms with Gasteiger partial charge in [0.1, 0.15) is 0 Å². The maximum Gasteiger partial charge on any atom is 0.274 e. The normalized spacial score (nSPS) is 23.1. The maximum absolute atomic E-state index is 10.9. The number of anilines is 1. The molecule has 1 aliphatic rings. The molecule has 0 unspecified atom stereocenters. The Morgan fingerprint density at radius 2 is 2.00 bits per heavy atom. The van der Waals surface area contributed by atoms with Gasteiger partial charge in [-0.15, -0.1) is 0 Å². The van der Waals surface area contributed by atoms with Crippen LogP contribution < -0.4 is 5.32 Å². The van der Waals surface area contributed by atoms with E-state index in [1.54, 1.807) is 12.1 Å². The van der Waals surface area contributed by atoms with Crippen molar-refractivity contribution >= 4 is 23.1 Å². The van der Waals surface area contributed by atoms with Crippen molar-refractivity contribution in [2.75, 3.05) is 11.6 Å². The molecule has 0 aliphatic heterocycles. The van der Waals surface area contributed by atoms with Gasteiger partial charge in [-0.05, 0) is 44.9 Å². The Balaban J connectivity index is 2.04. The van der Waals surface area contributed by atoms with E-state index in [2.05, 4.69) is 11.6 Å². The molecule has 19 heavy (non-hydrogen) atoms. The number of benzene rings is 1. The summed E-state index contributed by atoms with van der Waals surface area (Å²) in [6.45, 7) is 1.81. The average Bonchev–Trinajstić information content (AvgIpc) is 2.41. The van der Waals surface area contributed by atoms with Crippen molar-refractivity contribution in [3.05, 3.63) is 33.9 Å². The number of hydrogen-bond acceptors (Lipinski definition) is 4. The van der Waals surface area contributed by atoms with Crippen molar-refractivity contribution in [2.24, 2.45) is 0 Å². The zero-order valence-corrected chi connectivity index (χ0v) is 12.2. The van der Waals surface area contributed by atoms with E-state index in [0.717, 1.165) is 29.3 Å². The molecule has 104 valence electrons. The van der Waals surface area contributed by atoms with Crippen LogP contribution in [0.3, 0.4) is 0 Å². The van der Waals surface area contributed by atoms with Crippen LogP contribution in [0.1, 0.15) is 31.2 Å². The summed E-state index contributed by atoms with van der Waals surface area (Å²) in [6.07, 6.45) is 6.92. The van der Waals surface area contributed by atoms with Crippen LogP contribution in [0.4, 0.5) is 11.4 Å². The zero-order chi connectivity index (χ0) is 13.8. The largest absolute Gasteiger partial charge is 0.382 e. The second-order valence-electron chi connectivity index (χ2n) is 5.06. The molecule has 1 fully saturated rings. The third kappa shape index (κ3) is 3.41. The summed E-state index contributed by atoms with van der Waals surface area (Å²) >= 11 is 1.95. The van der Waals surface area contributed by atoms with E-state index in [1.807, 2.05) is 24.8 Å². The minimum atomic E-state index is -0.314. The van der Waals surface area contributed by atoms with Crippen molar-refractivity contribution < 1.29 is 4.92 Å². The molecule has 0 spiro atoms. The molecule has 0 bridgehead atoms. The maximum atomic E-state index is 10.9. The lowest BCUT2D eigenvalue weighted by Crippen LogP contribution is -2.27. The number of nitro benzene ring substituents is 1. The van der Waals surface area contributed by atoms with Crippen molar-refractivity contribution in [3.63, 3.8) is 0 Å². The smallest absolute Gasteiger partial charge is 0.274 e. The molecular formula is C14H20N2O2S. The van der Waals surface area contributed by atoms with E-state index in [1.165, 1.54) is 12.8 Å². The molecule has 0 radical (unpaired) electrons. The fourth-order valence-electron chi connectivity index (χ4n) is 2.64. The molecule has 0 aromatic heterocycles. The molecule has 0 saturated heterocycles. The van der Waals surface area contributed by atoms with E-state index in [4.69, 9.17) is 0 Å². The molecule has 4 nitrogen and oxygen atoms in total. The Kier molecular flexibility index (Phi) is 4.69. The molecule has 1 aromatic rings. The van der Waals surface area contributed by atoms with E-state index < -0.39 is 0 Å². The first-order valence-electron chi connectivity index (χ1n) is 6.65. The second kappa shape index (κ2) is 6.28. The molecule has 1 aromatic carbocycles. The lowest BCUT2D eigenvalue weighted by Gasteiger charge is -2.29. The zero-order valence-electron chi connectivity index (χ0n) is 11.4. The number of nitrogens with one attached hydrogen (secondary N) is 1. The third-order valence-electron chi connectivity index (χ3n) is 3.87. The van der Waals surface area contributed by atoms with E-state index >= 15 is 0 Å². The minimum Gasteiger partial charge on any atom is -0.382 e. The molecule has 1 saturated carbocycles. The quantitative estimate of drug-likeness (QED) is 0.669. The van der Waals surface area contributed by atoms with Gasteiger partial charge in [0.2, 0.25) is 0 Å². The Bertz CT molecular complexity index is 457. The number of rotatable bonds is 4. The van der Waals surface area contributed by atoms with Crippen LogP contribution in [0.15, 0.2) is 18.2 Å². The highest BCUT2D eigenvalue weighted by molar-refractivity contribution is 7.99. The van der Waals surface area contributed by atoms with E-state index in [0.29, 0.717) is 6.04 Å². The van der Waals surface area contributed by atoms with Gasteiger partial charge in [0.15, 0.2) is 0 Å². The van der Waals surface area contributed by atoms with Crippen molar-refractivity contribution in [3.8, 4) is 0 Å². The first-order chi connectivity index (χ1) is 9.11. The lowest BCUT2D eigenvalue weighted by atomic mass is 9.94. The third-order valence-corrected chi connectivity index (χ3v) is 5.01. The molecule has 0 amide bonds. The summed E-state index contributed by atoms with van der Waals surface area (Å²) in [5.74, 6) is 0. The highest BCUT2D eigenvalue weighted by atomic mass is 32.2. The Labute approximate surface area is 118 Å². The SMILES string of the molecule is CSC1CCC(Nc2cccc([N+](=O)[O-])c2C)CC1. The summed E-state index contributed by atoms with van der Waals surface area (Å²) in [5.41, 5.74) is 1.84. The van der Waals surface area contributed by atoms with Crippen LogP contribution in [0.2, 0.25) is 0 Å². The van der Waals surface area contributed by atoms with Gasteiger partial charge in [-0.3, -0.25) is 10.1 Å². The number of thioether (sulfide) groups is 1. The average molecular weight is 280 g/mol. The summed E-state index contributed by atoms with van der Waals surface area (Å²) < 4.78 is 0. The molecule has 1 aliphatic carbocycles. The Morgan fingerprint density at radius 1 is 1.32 bits per heavy atom. The van der Waals surface area contributed by atoms with Gasteiger partial charge in [0, 0.05) is 28.6 Å². The van der Waals surface area contributed by atoms with Crippen molar-refractivity contribution in [2.45, 2.75) is 43.9 Å². The number of nitro groups is 1. The molecule has 2 rings (SSSR count). The molecule has 0 heterocycles. The first kappa shape index (κ1) is 14.2. The van der Waals surface area contributed by atoms with Crippen LogP contribution in [-0.2, 0) is 0 Å². The predicted molar refractivity (Wildman–Crippen MR) is 81.0 cm³/mol. The van der Waals surface area contributed by atoms with Crippen molar-refractivity contribution in [1.82, 2.24) is 0 Å². The standard InChI is InChI=1S/C14H20N2O2S/c1-10-13(4-3-5-14(10)16(17)18)15-11-6-8-12(19-2)9-7-11/h3-5,11-12,15H,6-9H2,1-2H3. The summed E-state index contributed by atoms with van der Waals surface area (Å²) in [7, 11) is 0. The molecular weight excluding hydrogens is 260 g/mol. The highest BCUT2D eigenvalue weighted by Gasteiger charge is 2.21. The highest BCUT2D eigenvalue weighted by Crippen LogP contribution is 2.31. The van der Waals surface area contributed by atoms with Crippen LogP contribution >= 0.6 is 11.8 Å². The van der Waals surface area contributed by atoms with Crippen LogP contribution in [0.25, 0.3) is 0 Å². The second-order valence-corrected chi connectivity index (χ2v) is 6.20. The minimum absolute atomic E-state index is 0.197. The van der Waals surface area contributed by atoms with Gasteiger partial charge in [0.05, 0.1) is 4.92 Å². The van der Waals surface area contributed by atoms with Gasteiger partial charge in [-0.25, -0.2) is 0 Å². The van der Waals surface area contributed by atoms with Crippen LogP contribution in [0.5, 0.6) is 0 Å².